The van der Waals surface area contributed by atoms with E-state index in [9.17, 15) is 0 Å². The van der Waals surface area contributed by atoms with Gasteiger partial charge in [-0.15, -0.1) is 0 Å². The highest BCUT2D eigenvalue weighted by Crippen LogP contribution is 2.33. The van der Waals surface area contributed by atoms with E-state index in [0.717, 1.165) is 31.2 Å². The number of benzene rings is 2. The molecule has 1 aliphatic carbocycles. The molecule has 0 unspecified atom stereocenters. The minimum absolute atomic E-state index is 0.0178. The van der Waals surface area contributed by atoms with Gasteiger partial charge in [0.1, 0.15) is 0 Å². The average Bonchev–Trinajstić information content (AvgIpc) is 2.76. The molecule has 4 heteroatoms. The molecule has 1 aliphatic heterocycles. The minimum atomic E-state index is -0.0178. The van der Waals surface area contributed by atoms with Crippen molar-refractivity contribution >= 4 is 11.6 Å². The number of aryl methyl sites for hydroxylation is 1. The molecule has 160 valence electrons. The number of aromatic nitrogens is 2. The molecule has 0 bridgehead atoms. The van der Waals surface area contributed by atoms with Gasteiger partial charge >= 0.3 is 0 Å². The lowest BCUT2D eigenvalue weighted by Crippen LogP contribution is -2.32. The van der Waals surface area contributed by atoms with Crippen molar-refractivity contribution in [3.8, 4) is 0 Å². The maximum Gasteiger partial charge on any atom is 0.223 e. The second kappa shape index (κ2) is 7.99. The van der Waals surface area contributed by atoms with Gasteiger partial charge in [0.15, 0.2) is 0 Å². The van der Waals surface area contributed by atoms with Gasteiger partial charge in [0, 0.05) is 29.9 Å². The monoisotopic (exact) mass is 412 g/mol. The molecule has 1 saturated carbocycles. The summed E-state index contributed by atoms with van der Waals surface area (Å²) in [6.07, 6.45) is 6.80. The Morgan fingerprint density at radius 3 is 2.29 bits per heavy atom. The molecule has 4 nitrogen and oxygen atoms in total. The third kappa shape index (κ3) is 4.04. The molecule has 0 amide bonds. The first-order chi connectivity index (χ1) is 15.0. The predicted molar refractivity (Wildman–Crippen MR) is 128 cm³/mol. The maximum absolute atomic E-state index is 4.85. The number of anilines is 2. The number of nitrogens with zero attached hydrogens (tertiary/aromatic N) is 3. The fourth-order valence-corrected chi connectivity index (χ4v) is 4.55. The van der Waals surface area contributed by atoms with Crippen LogP contribution in [-0.2, 0) is 18.4 Å². The van der Waals surface area contributed by atoms with Crippen LogP contribution >= 0.6 is 0 Å². The van der Waals surface area contributed by atoms with Crippen LogP contribution in [0.4, 0.5) is 11.6 Å². The van der Waals surface area contributed by atoms with Gasteiger partial charge in [0.2, 0.25) is 5.95 Å². The summed E-state index contributed by atoms with van der Waals surface area (Å²) in [4.78, 5) is 11.8. The average molecular weight is 413 g/mol. The molecular weight excluding hydrogens is 380 g/mol. The summed E-state index contributed by atoms with van der Waals surface area (Å²) in [6, 6.07) is 18.6. The molecule has 5 rings (SSSR count). The van der Waals surface area contributed by atoms with Crippen LogP contribution in [0.15, 0.2) is 54.7 Å². The normalized spacial score (nSPS) is 16.5. The second-order valence-electron chi connectivity index (χ2n) is 9.65. The molecule has 0 atom stereocenters. The van der Waals surface area contributed by atoms with Crippen LogP contribution < -0.4 is 10.2 Å². The number of fused-ring (bicyclic) bond motifs is 1. The third-order valence-corrected chi connectivity index (χ3v) is 7.11. The Balaban J connectivity index is 1.32. The second-order valence-corrected chi connectivity index (χ2v) is 9.65. The van der Waals surface area contributed by atoms with Crippen molar-refractivity contribution in [2.75, 3.05) is 16.8 Å². The van der Waals surface area contributed by atoms with E-state index in [1.54, 1.807) is 0 Å². The van der Waals surface area contributed by atoms with Crippen LogP contribution in [0, 0.1) is 6.92 Å². The van der Waals surface area contributed by atoms with Crippen LogP contribution in [0.5, 0.6) is 0 Å². The van der Waals surface area contributed by atoms with Gasteiger partial charge in [0.25, 0.3) is 0 Å². The lowest BCUT2D eigenvalue weighted by Gasteiger charge is -2.32. The number of nitrogens with one attached hydrogen (secondary N) is 1. The summed E-state index contributed by atoms with van der Waals surface area (Å²) in [5, 5.41) is 3.49. The lowest BCUT2D eigenvalue weighted by atomic mass is 9.78. The van der Waals surface area contributed by atoms with Gasteiger partial charge in [-0.05, 0) is 61.4 Å². The molecule has 1 aromatic heterocycles. The molecule has 1 fully saturated rings. The van der Waals surface area contributed by atoms with Crippen LogP contribution in [-0.4, -0.2) is 22.6 Å². The molecule has 2 aliphatic rings. The van der Waals surface area contributed by atoms with Crippen molar-refractivity contribution in [1.29, 1.82) is 0 Å². The number of rotatable bonds is 5. The molecule has 0 radical (unpaired) electrons. The van der Waals surface area contributed by atoms with E-state index >= 15 is 0 Å². The topological polar surface area (TPSA) is 41.1 Å². The lowest BCUT2D eigenvalue weighted by molar-refractivity contribution is 0.443. The van der Waals surface area contributed by atoms with Gasteiger partial charge in [0.05, 0.1) is 12.2 Å². The van der Waals surface area contributed by atoms with Gasteiger partial charge < -0.3 is 10.2 Å². The molecule has 2 heterocycles. The first-order valence-corrected chi connectivity index (χ1v) is 11.5. The Kier molecular flexibility index (Phi) is 5.17. The summed E-state index contributed by atoms with van der Waals surface area (Å²) in [5.74, 6) is 0.792. The molecule has 1 N–H and O–H groups in total. The Morgan fingerprint density at radius 2 is 1.65 bits per heavy atom. The van der Waals surface area contributed by atoms with Crippen molar-refractivity contribution in [3.63, 3.8) is 0 Å². The molecule has 3 aromatic rings. The predicted octanol–water partition coefficient (Wildman–Crippen LogP) is 5.64. The fraction of sp³-hybridized carbons (Fsp3) is 0.407. The highest BCUT2D eigenvalue weighted by Gasteiger charge is 2.25. The quantitative estimate of drug-likeness (QED) is 0.589. The Labute approximate surface area is 185 Å². The number of hydrogen-bond donors (Lipinski definition) is 1. The highest BCUT2D eigenvalue weighted by molar-refractivity contribution is 5.52. The third-order valence-electron chi connectivity index (χ3n) is 7.11. The highest BCUT2D eigenvalue weighted by atomic mass is 15.2. The van der Waals surface area contributed by atoms with Gasteiger partial charge in [-0.25, -0.2) is 9.97 Å². The van der Waals surface area contributed by atoms with E-state index in [2.05, 4.69) is 84.5 Å². The van der Waals surface area contributed by atoms with Crippen molar-refractivity contribution in [1.82, 2.24) is 9.97 Å². The van der Waals surface area contributed by atoms with Crippen LogP contribution in [0.1, 0.15) is 61.1 Å². The summed E-state index contributed by atoms with van der Waals surface area (Å²) in [5.41, 5.74) is 7.68. The first-order valence-electron chi connectivity index (χ1n) is 11.5. The number of hydrogen-bond acceptors (Lipinski definition) is 4. The molecule has 0 spiro atoms. The molecule has 31 heavy (non-hydrogen) atoms. The van der Waals surface area contributed by atoms with Crippen molar-refractivity contribution in [3.05, 3.63) is 82.7 Å². The largest absolute Gasteiger partial charge is 0.365 e. The van der Waals surface area contributed by atoms with E-state index in [-0.39, 0.29) is 5.41 Å². The van der Waals surface area contributed by atoms with Crippen LogP contribution in [0.3, 0.4) is 0 Å². The summed E-state index contributed by atoms with van der Waals surface area (Å²) < 4.78 is 0. The van der Waals surface area contributed by atoms with E-state index in [1.807, 2.05) is 6.20 Å². The zero-order valence-electron chi connectivity index (χ0n) is 18.9. The SMILES string of the molecule is Cc1ccc(C(C)(C)c2ccc(N3CCc4cnc(NC5CCC5)nc4C3)cc2)cc1. The Hall–Kier alpha value is -2.88. The smallest absolute Gasteiger partial charge is 0.223 e. The van der Waals surface area contributed by atoms with E-state index in [0.29, 0.717) is 6.04 Å². The molecule has 2 aromatic carbocycles. The first kappa shape index (κ1) is 20.0. The van der Waals surface area contributed by atoms with E-state index < -0.39 is 0 Å². The Morgan fingerprint density at radius 1 is 0.968 bits per heavy atom. The maximum atomic E-state index is 4.85. The standard InChI is InChI=1S/C27H32N4/c1-19-7-9-21(10-8-19)27(2,3)22-11-13-24(14-12-22)31-16-15-20-17-28-26(30-25(20)18-31)29-23-5-4-6-23/h7-14,17,23H,4-6,15-16,18H2,1-3H3,(H,28,29,30). The molecule has 0 saturated heterocycles. The van der Waals surface area contributed by atoms with Crippen molar-refractivity contribution in [2.24, 2.45) is 0 Å². The van der Waals surface area contributed by atoms with Crippen molar-refractivity contribution < 1.29 is 0 Å². The van der Waals surface area contributed by atoms with E-state index in [1.165, 1.54) is 47.2 Å². The van der Waals surface area contributed by atoms with Gasteiger partial charge in [-0.3, -0.25) is 0 Å². The summed E-state index contributed by atoms with van der Waals surface area (Å²) >= 11 is 0. The van der Waals surface area contributed by atoms with Gasteiger partial charge in [-0.2, -0.15) is 0 Å². The fourth-order valence-electron chi connectivity index (χ4n) is 4.55. The van der Waals surface area contributed by atoms with E-state index in [4.69, 9.17) is 4.98 Å². The zero-order valence-corrected chi connectivity index (χ0v) is 18.9. The van der Waals surface area contributed by atoms with Crippen LogP contribution in [0.25, 0.3) is 0 Å². The summed E-state index contributed by atoms with van der Waals surface area (Å²) in [7, 11) is 0. The van der Waals surface area contributed by atoms with Crippen LogP contribution in [0.2, 0.25) is 0 Å². The van der Waals surface area contributed by atoms with Gasteiger partial charge in [-0.1, -0.05) is 55.8 Å². The minimum Gasteiger partial charge on any atom is -0.365 e. The van der Waals surface area contributed by atoms with Crippen molar-refractivity contribution in [2.45, 2.75) is 64.5 Å². The summed E-state index contributed by atoms with van der Waals surface area (Å²) in [6.45, 7) is 8.60. The Bertz CT molecular complexity index is 1050. The molecular formula is C27H32N4. The zero-order chi connectivity index (χ0) is 21.4.